The molecule has 1 N–H and O–H groups in total. The minimum atomic E-state index is 0.587. The Hall–Kier alpha value is -1.41. The Labute approximate surface area is 82.7 Å². The van der Waals surface area contributed by atoms with Gasteiger partial charge in [-0.25, -0.2) is 0 Å². The fourth-order valence-electron chi connectivity index (χ4n) is 1.33. The van der Waals surface area contributed by atoms with Crippen LogP contribution in [0.2, 0.25) is 0 Å². The third-order valence-corrected chi connectivity index (χ3v) is 2.21. The molecule has 74 valence electrons. The monoisotopic (exact) mass is 191 g/mol. The third-order valence-electron chi connectivity index (χ3n) is 2.21. The fraction of sp³-hybridized carbons (Fsp3) is 0.667. The standard InChI is InChI=1S/C9H13N5/c10-4-2-1-3-8-6-14(13-12-8)7-9-5-11-9/h6,9,11H,1-3,5,7H2. The number of aryl methyl sites for hydroxylation is 1. The summed E-state index contributed by atoms with van der Waals surface area (Å²) >= 11 is 0. The van der Waals surface area contributed by atoms with Crippen molar-refractivity contribution in [2.24, 2.45) is 0 Å². The average molecular weight is 191 g/mol. The molecule has 0 spiro atoms. The van der Waals surface area contributed by atoms with Gasteiger partial charge in [0.05, 0.1) is 18.3 Å². The molecule has 0 saturated carbocycles. The molecule has 1 atom stereocenters. The summed E-state index contributed by atoms with van der Waals surface area (Å²) in [5.41, 5.74) is 0.987. The molecule has 14 heavy (non-hydrogen) atoms. The van der Waals surface area contributed by atoms with Crippen molar-refractivity contribution >= 4 is 0 Å². The minimum Gasteiger partial charge on any atom is -0.309 e. The van der Waals surface area contributed by atoms with Crippen molar-refractivity contribution in [1.82, 2.24) is 20.3 Å². The molecule has 0 amide bonds. The van der Waals surface area contributed by atoms with Crippen molar-refractivity contribution in [2.75, 3.05) is 6.54 Å². The number of hydrogen-bond donors (Lipinski definition) is 1. The van der Waals surface area contributed by atoms with Crippen LogP contribution in [-0.4, -0.2) is 27.6 Å². The molecule has 1 aromatic heterocycles. The molecule has 5 heteroatoms. The van der Waals surface area contributed by atoms with E-state index in [1.54, 1.807) is 0 Å². The van der Waals surface area contributed by atoms with Gasteiger partial charge in [-0.15, -0.1) is 5.10 Å². The van der Waals surface area contributed by atoms with Gasteiger partial charge >= 0.3 is 0 Å². The van der Waals surface area contributed by atoms with Gasteiger partial charge in [-0.1, -0.05) is 5.21 Å². The van der Waals surface area contributed by atoms with E-state index in [1.165, 1.54) is 0 Å². The first-order chi connectivity index (χ1) is 6.88. The number of hydrogen-bond acceptors (Lipinski definition) is 4. The van der Waals surface area contributed by atoms with Gasteiger partial charge in [-0.3, -0.25) is 4.68 Å². The highest BCUT2D eigenvalue weighted by molar-refractivity contribution is 4.94. The van der Waals surface area contributed by atoms with Crippen LogP contribution in [0.3, 0.4) is 0 Å². The summed E-state index contributed by atoms with van der Waals surface area (Å²) in [6.07, 6.45) is 4.29. The maximum atomic E-state index is 8.38. The Morgan fingerprint density at radius 3 is 3.29 bits per heavy atom. The van der Waals surface area contributed by atoms with Gasteiger partial charge in [0.1, 0.15) is 0 Å². The topological polar surface area (TPSA) is 76.4 Å². The first kappa shape index (κ1) is 9.16. The van der Waals surface area contributed by atoms with E-state index < -0.39 is 0 Å². The summed E-state index contributed by atoms with van der Waals surface area (Å²) in [7, 11) is 0. The van der Waals surface area contributed by atoms with Crippen molar-refractivity contribution in [2.45, 2.75) is 31.8 Å². The van der Waals surface area contributed by atoms with Crippen LogP contribution in [0.1, 0.15) is 18.5 Å². The van der Waals surface area contributed by atoms with Crippen LogP contribution < -0.4 is 5.32 Å². The van der Waals surface area contributed by atoms with Crippen molar-refractivity contribution in [3.05, 3.63) is 11.9 Å². The van der Waals surface area contributed by atoms with E-state index in [1.807, 2.05) is 10.9 Å². The second-order valence-electron chi connectivity index (χ2n) is 3.55. The molecule has 1 fully saturated rings. The summed E-state index contributed by atoms with van der Waals surface area (Å²) < 4.78 is 1.87. The molecule has 1 aliphatic rings. The molecule has 1 unspecified atom stereocenters. The second kappa shape index (κ2) is 4.20. The van der Waals surface area contributed by atoms with Crippen LogP contribution in [0.4, 0.5) is 0 Å². The predicted octanol–water partition coefficient (Wildman–Crippen LogP) is 0.0962. The minimum absolute atomic E-state index is 0.587. The molecule has 0 aliphatic carbocycles. The van der Waals surface area contributed by atoms with E-state index >= 15 is 0 Å². The van der Waals surface area contributed by atoms with Crippen LogP contribution in [0, 0.1) is 11.3 Å². The van der Waals surface area contributed by atoms with Crippen LogP contribution in [-0.2, 0) is 13.0 Å². The van der Waals surface area contributed by atoms with Gasteiger partial charge in [0.25, 0.3) is 0 Å². The van der Waals surface area contributed by atoms with Gasteiger partial charge in [0.15, 0.2) is 0 Å². The first-order valence-corrected chi connectivity index (χ1v) is 4.88. The van der Waals surface area contributed by atoms with E-state index in [2.05, 4.69) is 21.7 Å². The zero-order valence-corrected chi connectivity index (χ0v) is 7.98. The highest BCUT2D eigenvalue weighted by Crippen LogP contribution is 2.03. The normalized spacial score (nSPS) is 19.2. The van der Waals surface area contributed by atoms with E-state index in [0.29, 0.717) is 12.5 Å². The van der Waals surface area contributed by atoms with Crippen molar-refractivity contribution in [3.8, 4) is 6.07 Å². The maximum absolute atomic E-state index is 8.38. The molecular weight excluding hydrogens is 178 g/mol. The third kappa shape index (κ3) is 2.54. The fourth-order valence-corrected chi connectivity index (χ4v) is 1.33. The maximum Gasteiger partial charge on any atom is 0.0827 e. The molecular formula is C9H13N5. The Balaban J connectivity index is 1.80. The zero-order valence-electron chi connectivity index (χ0n) is 7.98. The molecule has 0 radical (unpaired) electrons. The summed E-state index contributed by atoms with van der Waals surface area (Å²) in [5.74, 6) is 0. The Bertz CT molecular complexity index is 333. The van der Waals surface area contributed by atoms with Crippen molar-refractivity contribution < 1.29 is 0 Å². The number of nitriles is 1. The number of aromatic nitrogens is 3. The van der Waals surface area contributed by atoms with E-state index in [0.717, 1.165) is 31.6 Å². The van der Waals surface area contributed by atoms with Gasteiger partial charge < -0.3 is 5.32 Å². The molecule has 1 saturated heterocycles. The molecule has 0 bridgehead atoms. The Kier molecular flexibility index (Phi) is 2.75. The first-order valence-electron chi connectivity index (χ1n) is 4.88. The largest absolute Gasteiger partial charge is 0.309 e. The molecule has 2 heterocycles. The van der Waals surface area contributed by atoms with E-state index in [9.17, 15) is 0 Å². The van der Waals surface area contributed by atoms with Crippen molar-refractivity contribution in [1.29, 1.82) is 5.26 Å². The number of unbranched alkanes of at least 4 members (excludes halogenated alkanes) is 1. The van der Waals surface area contributed by atoms with Crippen LogP contribution in [0.5, 0.6) is 0 Å². The Morgan fingerprint density at radius 1 is 1.71 bits per heavy atom. The summed E-state index contributed by atoms with van der Waals surface area (Å²) in [6.45, 7) is 1.99. The Morgan fingerprint density at radius 2 is 2.57 bits per heavy atom. The molecule has 5 nitrogen and oxygen atoms in total. The molecule has 1 aliphatic heterocycles. The van der Waals surface area contributed by atoms with E-state index in [-0.39, 0.29) is 0 Å². The number of nitrogens with one attached hydrogen (secondary N) is 1. The SMILES string of the molecule is N#CCCCc1cn(CC2CN2)nn1. The van der Waals surface area contributed by atoms with Crippen LogP contribution in [0.15, 0.2) is 6.20 Å². The lowest BCUT2D eigenvalue weighted by Gasteiger charge is -1.93. The van der Waals surface area contributed by atoms with Crippen LogP contribution in [0.25, 0.3) is 0 Å². The highest BCUT2D eigenvalue weighted by Gasteiger charge is 2.20. The molecule has 1 aromatic rings. The lowest BCUT2D eigenvalue weighted by molar-refractivity contribution is 0.582. The quantitative estimate of drug-likeness (QED) is 0.529. The van der Waals surface area contributed by atoms with Crippen molar-refractivity contribution in [3.63, 3.8) is 0 Å². The number of rotatable bonds is 5. The van der Waals surface area contributed by atoms with E-state index in [4.69, 9.17) is 5.26 Å². The zero-order chi connectivity index (χ0) is 9.80. The average Bonchev–Trinajstić information content (AvgIpc) is 2.87. The smallest absolute Gasteiger partial charge is 0.0827 e. The lowest BCUT2D eigenvalue weighted by atomic mass is 10.2. The second-order valence-corrected chi connectivity index (χ2v) is 3.55. The van der Waals surface area contributed by atoms with Gasteiger partial charge in [-0.05, 0) is 12.8 Å². The number of nitrogens with zero attached hydrogens (tertiary/aromatic N) is 4. The molecule has 2 rings (SSSR count). The summed E-state index contributed by atoms with van der Waals surface area (Å²) in [6, 6.07) is 2.71. The molecule has 0 aromatic carbocycles. The van der Waals surface area contributed by atoms with Gasteiger partial charge in [0, 0.05) is 25.2 Å². The lowest BCUT2D eigenvalue weighted by Crippen LogP contribution is -2.06. The van der Waals surface area contributed by atoms with Crippen LogP contribution >= 0.6 is 0 Å². The van der Waals surface area contributed by atoms with Gasteiger partial charge in [0.2, 0.25) is 0 Å². The summed E-state index contributed by atoms with van der Waals surface area (Å²) in [5, 5.41) is 19.7. The summed E-state index contributed by atoms with van der Waals surface area (Å²) in [4.78, 5) is 0. The van der Waals surface area contributed by atoms with Gasteiger partial charge in [-0.2, -0.15) is 5.26 Å². The predicted molar refractivity (Wildman–Crippen MR) is 50.4 cm³/mol. The highest BCUT2D eigenvalue weighted by atomic mass is 15.4.